The number of carbonyl (C=O) groups excluding carboxylic acids is 1. The maximum Gasteiger partial charge on any atom is 0.343 e. The second-order valence-corrected chi connectivity index (χ2v) is 5.98. The smallest absolute Gasteiger partial charge is 0.343 e. The monoisotopic (exact) mass is 332 g/mol. The lowest BCUT2D eigenvalue weighted by molar-refractivity contribution is 0.0739. The van der Waals surface area contributed by atoms with Crippen LogP contribution in [0.25, 0.3) is 21.5 Å². The van der Waals surface area contributed by atoms with Gasteiger partial charge in [0.25, 0.3) is 0 Å². The summed E-state index contributed by atoms with van der Waals surface area (Å²) in [5, 5.41) is 4.31. The van der Waals surface area contributed by atoms with Crippen molar-refractivity contribution in [2.24, 2.45) is 0 Å². The van der Waals surface area contributed by atoms with E-state index in [1.165, 1.54) is 0 Å². The Morgan fingerprint density at radius 3 is 2.29 bits per heavy atom. The van der Waals surface area contributed by atoms with Gasteiger partial charge in [-0.1, -0.05) is 60.1 Å². The predicted molar refractivity (Wildman–Crippen MR) is 97.9 cm³/mol. The summed E-state index contributed by atoms with van der Waals surface area (Å²) in [5.74, 6) is 0.160. The van der Waals surface area contributed by atoms with E-state index in [1.807, 2.05) is 60.7 Å². The fourth-order valence-electron chi connectivity index (χ4n) is 2.83. The van der Waals surface area contributed by atoms with E-state index in [0.717, 1.165) is 21.5 Å². The van der Waals surface area contributed by atoms with Crippen molar-refractivity contribution in [3.8, 4) is 5.75 Å². The van der Waals surface area contributed by atoms with E-state index in [0.29, 0.717) is 16.3 Å². The second-order valence-electron chi connectivity index (χ2n) is 5.55. The minimum atomic E-state index is -0.381. The van der Waals surface area contributed by atoms with Crippen molar-refractivity contribution in [3.63, 3.8) is 0 Å². The molecule has 4 aromatic carbocycles. The highest BCUT2D eigenvalue weighted by Gasteiger charge is 2.14. The molecule has 0 aliphatic rings. The zero-order chi connectivity index (χ0) is 16.5. The number of fused-ring (bicyclic) bond motifs is 2. The molecule has 0 unspecified atom stereocenters. The number of halogens is 1. The molecule has 0 bridgehead atoms. The molecular weight excluding hydrogens is 320 g/mol. The first kappa shape index (κ1) is 14.7. The van der Waals surface area contributed by atoms with E-state index in [-0.39, 0.29) is 5.97 Å². The molecule has 0 saturated carbocycles. The Balaban J connectivity index is 1.93. The van der Waals surface area contributed by atoms with E-state index in [1.54, 1.807) is 12.1 Å². The molecule has 3 heteroatoms. The molecule has 0 atom stereocenters. The van der Waals surface area contributed by atoms with E-state index in [2.05, 4.69) is 6.07 Å². The van der Waals surface area contributed by atoms with Crippen molar-refractivity contribution in [3.05, 3.63) is 89.4 Å². The van der Waals surface area contributed by atoms with Crippen LogP contribution in [0.4, 0.5) is 0 Å². The van der Waals surface area contributed by atoms with Crippen LogP contribution in [0.1, 0.15) is 10.4 Å². The van der Waals surface area contributed by atoms with E-state index >= 15 is 0 Å². The van der Waals surface area contributed by atoms with Crippen molar-refractivity contribution in [2.45, 2.75) is 0 Å². The Labute approximate surface area is 144 Å². The minimum absolute atomic E-state index is 0.381. The van der Waals surface area contributed by atoms with Crippen molar-refractivity contribution in [1.82, 2.24) is 0 Å². The number of carbonyl (C=O) groups is 1. The lowest BCUT2D eigenvalue weighted by atomic mass is 10.0. The summed E-state index contributed by atoms with van der Waals surface area (Å²) < 4.78 is 5.78. The molecule has 0 amide bonds. The third-order valence-electron chi connectivity index (χ3n) is 3.98. The van der Waals surface area contributed by atoms with Gasteiger partial charge in [-0.2, -0.15) is 0 Å². The molecule has 0 radical (unpaired) electrons. The van der Waals surface area contributed by atoms with Gasteiger partial charge in [-0.25, -0.2) is 4.79 Å². The Morgan fingerprint density at radius 1 is 0.750 bits per heavy atom. The van der Waals surface area contributed by atoms with Crippen LogP contribution in [0.2, 0.25) is 5.02 Å². The molecule has 0 N–H and O–H groups in total. The summed E-state index contributed by atoms with van der Waals surface area (Å²) in [4.78, 5) is 12.5. The number of benzene rings is 4. The lowest BCUT2D eigenvalue weighted by Crippen LogP contribution is -2.08. The quantitative estimate of drug-likeness (QED) is 0.261. The predicted octanol–water partition coefficient (Wildman–Crippen LogP) is 5.87. The number of rotatable bonds is 2. The van der Waals surface area contributed by atoms with E-state index in [9.17, 15) is 4.79 Å². The van der Waals surface area contributed by atoms with Gasteiger partial charge in [-0.3, -0.25) is 0 Å². The number of hydrogen-bond donors (Lipinski definition) is 0. The molecule has 0 saturated heterocycles. The molecule has 0 aliphatic heterocycles. The first-order valence-electron chi connectivity index (χ1n) is 7.60. The van der Waals surface area contributed by atoms with Crippen LogP contribution in [0, 0.1) is 0 Å². The van der Waals surface area contributed by atoms with Crippen LogP contribution in [-0.4, -0.2) is 5.97 Å². The van der Waals surface area contributed by atoms with Crippen LogP contribution in [0.3, 0.4) is 0 Å². The average Bonchev–Trinajstić information content (AvgIpc) is 2.62. The molecule has 4 aromatic rings. The van der Waals surface area contributed by atoms with Crippen LogP contribution in [0.5, 0.6) is 5.75 Å². The molecular formula is C21H13ClO2. The second kappa shape index (κ2) is 5.99. The molecule has 0 heterocycles. The average molecular weight is 333 g/mol. The van der Waals surface area contributed by atoms with Crippen LogP contribution in [0.15, 0.2) is 78.9 Å². The number of hydrogen-bond acceptors (Lipinski definition) is 2. The Bertz CT molecular complexity index is 1060. The summed E-state index contributed by atoms with van der Waals surface area (Å²) >= 11 is 6.15. The maximum atomic E-state index is 12.5. The molecule has 0 aromatic heterocycles. The van der Waals surface area contributed by atoms with Crippen molar-refractivity contribution < 1.29 is 9.53 Å². The molecule has 0 spiro atoms. The van der Waals surface area contributed by atoms with Gasteiger partial charge in [-0.15, -0.1) is 0 Å². The van der Waals surface area contributed by atoms with Crippen LogP contribution < -0.4 is 4.74 Å². The molecule has 24 heavy (non-hydrogen) atoms. The molecule has 0 fully saturated rings. The first-order chi connectivity index (χ1) is 11.7. The first-order valence-corrected chi connectivity index (χ1v) is 7.98. The highest BCUT2D eigenvalue weighted by Crippen LogP contribution is 2.36. The van der Waals surface area contributed by atoms with Gasteiger partial charge in [0, 0.05) is 15.8 Å². The Hall–Kier alpha value is -2.84. The van der Waals surface area contributed by atoms with Crippen molar-refractivity contribution in [2.75, 3.05) is 0 Å². The summed E-state index contributed by atoms with van der Waals surface area (Å²) in [6.07, 6.45) is 0. The third kappa shape index (κ3) is 2.61. The van der Waals surface area contributed by atoms with Gasteiger partial charge >= 0.3 is 5.97 Å². The Morgan fingerprint density at radius 2 is 1.46 bits per heavy atom. The molecule has 116 valence electrons. The molecule has 2 nitrogen and oxygen atoms in total. The molecule has 0 aliphatic carbocycles. The summed E-state index contributed by atoms with van der Waals surface area (Å²) in [5.41, 5.74) is 0.514. The topological polar surface area (TPSA) is 26.3 Å². The van der Waals surface area contributed by atoms with E-state index in [4.69, 9.17) is 16.3 Å². The minimum Gasteiger partial charge on any atom is -0.422 e. The zero-order valence-electron chi connectivity index (χ0n) is 12.7. The van der Waals surface area contributed by atoms with Crippen LogP contribution in [-0.2, 0) is 0 Å². The van der Waals surface area contributed by atoms with Crippen LogP contribution >= 0.6 is 11.6 Å². The fraction of sp³-hybridized carbons (Fsp3) is 0. The van der Waals surface area contributed by atoms with Crippen molar-refractivity contribution in [1.29, 1.82) is 0 Å². The third-order valence-corrected chi connectivity index (χ3v) is 4.22. The molecule has 4 rings (SSSR count). The van der Waals surface area contributed by atoms with Gasteiger partial charge in [0.1, 0.15) is 5.75 Å². The van der Waals surface area contributed by atoms with E-state index < -0.39 is 0 Å². The highest BCUT2D eigenvalue weighted by atomic mass is 35.5. The lowest BCUT2D eigenvalue weighted by Gasteiger charge is -2.12. The normalized spacial score (nSPS) is 10.9. The van der Waals surface area contributed by atoms with Gasteiger partial charge in [-0.05, 0) is 41.1 Å². The van der Waals surface area contributed by atoms with Crippen molar-refractivity contribution >= 4 is 39.1 Å². The highest BCUT2D eigenvalue weighted by molar-refractivity contribution is 6.31. The van der Waals surface area contributed by atoms with Gasteiger partial charge in [0.2, 0.25) is 0 Å². The maximum absolute atomic E-state index is 12.5. The zero-order valence-corrected chi connectivity index (χ0v) is 13.5. The fourth-order valence-corrected chi connectivity index (χ4v) is 3.00. The summed E-state index contributed by atoms with van der Waals surface area (Å²) in [6.45, 7) is 0. The number of esters is 1. The van der Waals surface area contributed by atoms with Gasteiger partial charge in [0.05, 0.1) is 5.56 Å². The largest absolute Gasteiger partial charge is 0.422 e. The summed E-state index contributed by atoms with van der Waals surface area (Å²) in [6, 6.07) is 24.5. The SMILES string of the molecule is O=C(Oc1c2ccccc2cc2ccc(Cl)cc12)c1ccccc1. The Kier molecular flexibility index (Phi) is 3.68. The van der Waals surface area contributed by atoms with Gasteiger partial charge in [0.15, 0.2) is 0 Å². The standard InChI is InChI=1S/C21H13ClO2/c22-17-11-10-16-12-15-8-4-5-9-18(15)20(19(16)13-17)24-21(23)14-6-2-1-3-7-14/h1-13H. The van der Waals surface area contributed by atoms with Gasteiger partial charge < -0.3 is 4.74 Å². The number of ether oxygens (including phenoxy) is 1. The summed E-state index contributed by atoms with van der Waals surface area (Å²) in [7, 11) is 0.